The van der Waals surface area contributed by atoms with Gasteiger partial charge in [0.2, 0.25) is 0 Å². The first-order valence-corrected chi connectivity index (χ1v) is 9.52. The minimum atomic E-state index is -0.495. The minimum absolute atomic E-state index is 0.118. The van der Waals surface area contributed by atoms with Crippen LogP contribution in [-0.4, -0.2) is 30.5 Å². The van der Waals surface area contributed by atoms with Gasteiger partial charge >= 0.3 is 5.97 Å². The van der Waals surface area contributed by atoms with E-state index >= 15 is 0 Å². The Labute approximate surface area is 180 Å². The lowest BCUT2D eigenvalue weighted by Gasteiger charge is -2.05. The average Bonchev–Trinajstić information content (AvgIpc) is 3.28. The quantitative estimate of drug-likeness (QED) is 0.239. The predicted molar refractivity (Wildman–Crippen MR) is 112 cm³/mol. The first-order valence-electron chi connectivity index (χ1n) is 8.73. The molecule has 0 aliphatic carbocycles. The van der Waals surface area contributed by atoms with Crippen molar-refractivity contribution < 1.29 is 23.5 Å². The smallest absolute Gasteiger partial charge is 0.343 e. The van der Waals surface area contributed by atoms with E-state index in [1.807, 2.05) is 6.07 Å². The monoisotopic (exact) mass is 469 g/mol. The van der Waals surface area contributed by atoms with Gasteiger partial charge in [-0.15, -0.1) is 0 Å². The molecule has 2 N–H and O–H groups in total. The molecule has 3 rings (SSSR count). The predicted octanol–water partition coefficient (Wildman–Crippen LogP) is 3.14. The number of hydrogen-bond acceptors (Lipinski definition) is 6. The number of esters is 1. The van der Waals surface area contributed by atoms with Crippen LogP contribution < -0.4 is 15.5 Å². The molecule has 3 aromatic rings. The van der Waals surface area contributed by atoms with Crippen molar-refractivity contribution in [2.24, 2.45) is 5.10 Å². The Morgan fingerprint density at radius 1 is 1.07 bits per heavy atom. The van der Waals surface area contributed by atoms with E-state index in [0.29, 0.717) is 16.9 Å². The highest BCUT2D eigenvalue weighted by Crippen LogP contribution is 2.16. The van der Waals surface area contributed by atoms with Crippen LogP contribution in [0.4, 0.5) is 0 Å². The molecular weight excluding hydrogens is 454 g/mol. The maximum atomic E-state index is 12.1. The van der Waals surface area contributed by atoms with Crippen molar-refractivity contribution in [3.63, 3.8) is 0 Å². The number of furan rings is 1. The van der Waals surface area contributed by atoms with E-state index < -0.39 is 17.8 Å². The van der Waals surface area contributed by atoms with Crippen LogP contribution in [0.15, 0.2) is 80.9 Å². The second-order valence-corrected chi connectivity index (χ2v) is 6.84. The molecule has 0 radical (unpaired) electrons. The summed E-state index contributed by atoms with van der Waals surface area (Å²) in [4.78, 5) is 35.5. The summed E-state index contributed by atoms with van der Waals surface area (Å²) >= 11 is 3.31. The van der Waals surface area contributed by atoms with Crippen LogP contribution in [0.25, 0.3) is 0 Å². The highest BCUT2D eigenvalue weighted by molar-refractivity contribution is 9.10. The van der Waals surface area contributed by atoms with Crippen molar-refractivity contribution in [2.75, 3.05) is 6.54 Å². The van der Waals surface area contributed by atoms with Gasteiger partial charge in [-0.25, -0.2) is 10.2 Å². The minimum Gasteiger partial charge on any atom is -0.459 e. The molecule has 0 aliphatic heterocycles. The maximum Gasteiger partial charge on any atom is 0.343 e. The van der Waals surface area contributed by atoms with Gasteiger partial charge in [-0.05, 0) is 60.2 Å². The maximum absolute atomic E-state index is 12.1. The number of ether oxygens (including phenoxy) is 1. The Kier molecular flexibility index (Phi) is 7.12. The summed E-state index contributed by atoms with van der Waals surface area (Å²) in [7, 11) is 0. The molecule has 1 heterocycles. The van der Waals surface area contributed by atoms with Gasteiger partial charge in [0.15, 0.2) is 5.76 Å². The van der Waals surface area contributed by atoms with Gasteiger partial charge < -0.3 is 14.5 Å². The summed E-state index contributed by atoms with van der Waals surface area (Å²) in [5, 5.41) is 6.22. The lowest BCUT2D eigenvalue weighted by Crippen LogP contribution is -2.34. The summed E-state index contributed by atoms with van der Waals surface area (Å²) in [5.41, 5.74) is 3.41. The zero-order chi connectivity index (χ0) is 21.3. The number of nitrogens with zero attached hydrogens (tertiary/aromatic N) is 1. The van der Waals surface area contributed by atoms with Gasteiger partial charge in [0.1, 0.15) is 5.75 Å². The second-order valence-electron chi connectivity index (χ2n) is 5.92. The van der Waals surface area contributed by atoms with Crippen LogP contribution in [0.2, 0.25) is 0 Å². The number of amides is 2. The summed E-state index contributed by atoms with van der Waals surface area (Å²) in [5.74, 6) is -0.965. The molecule has 0 saturated carbocycles. The third-order valence-electron chi connectivity index (χ3n) is 3.71. The fourth-order valence-corrected chi connectivity index (χ4v) is 2.68. The second kappa shape index (κ2) is 10.2. The van der Waals surface area contributed by atoms with Gasteiger partial charge in [-0.1, -0.05) is 22.0 Å². The molecule has 2 amide bonds. The SMILES string of the molecule is O=C(CNC(=O)c1ccco1)N/N=C\c1ccc(OC(=O)c2cccc(Br)c2)cc1. The fraction of sp³-hybridized carbons (Fsp3) is 0.0476. The number of carbonyl (C=O) groups is 3. The normalized spacial score (nSPS) is 10.6. The Bertz CT molecular complexity index is 1060. The lowest BCUT2D eigenvalue weighted by atomic mass is 10.2. The number of rotatable bonds is 7. The Balaban J connectivity index is 1.45. The Morgan fingerprint density at radius 3 is 2.57 bits per heavy atom. The summed E-state index contributed by atoms with van der Waals surface area (Å²) < 4.78 is 11.0. The zero-order valence-electron chi connectivity index (χ0n) is 15.5. The molecule has 0 saturated heterocycles. The van der Waals surface area contributed by atoms with Gasteiger partial charge in [0, 0.05) is 4.47 Å². The fourth-order valence-electron chi connectivity index (χ4n) is 2.28. The van der Waals surface area contributed by atoms with Crippen molar-refractivity contribution in [1.29, 1.82) is 0 Å². The third-order valence-corrected chi connectivity index (χ3v) is 4.20. The summed E-state index contributed by atoms with van der Waals surface area (Å²) in [6.45, 7) is -0.249. The van der Waals surface area contributed by atoms with Crippen molar-refractivity contribution in [3.8, 4) is 5.75 Å². The number of carbonyl (C=O) groups excluding carboxylic acids is 3. The zero-order valence-corrected chi connectivity index (χ0v) is 17.1. The standard InChI is InChI=1S/C21H16BrN3O5/c22-16-4-1-3-15(11-16)21(28)30-17-8-6-14(7-9-17)12-24-25-19(26)13-23-20(27)18-5-2-10-29-18/h1-12H,13H2,(H,23,27)(H,25,26)/b24-12-. The van der Waals surface area contributed by atoms with Crippen LogP contribution in [-0.2, 0) is 4.79 Å². The molecule has 2 aromatic carbocycles. The van der Waals surface area contributed by atoms with E-state index in [1.165, 1.54) is 18.5 Å². The molecule has 8 nitrogen and oxygen atoms in total. The van der Waals surface area contributed by atoms with E-state index in [2.05, 4.69) is 31.8 Å². The molecular formula is C21H16BrN3O5. The molecule has 9 heteroatoms. The molecule has 0 unspecified atom stereocenters. The van der Waals surface area contributed by atoms with Crippen LogP contribution in [0, 0.1) is 0 Å². The number of halogens is 1. The number of hydrazone groups is 1. The number of nitrogens with one attached hydrogen (secondary N) is 2. The molecule has 0 fully saturated rings. The van der Waals surface area contributed by atoms with Gasteiger partial charge in [-0.3, -0.25) is 9.59 Å². The van der Waals surface area contributed by atoms with E-state index in [9.17, 15) is 14.4 Å². The number of hydrogen-bond donors (Lipinski definition) is 2. The first-order chi connectivity index (χ1) is 14.5. The average molecular weight is 470 g/mol. The molecule has 152 valence electrons. The lowest BCUT2D eigenvalue weighted by molar-refractivity contribution is -0.120. The molecule has 0 atom stereocenters. The Hall–Kier alpha value is -3.72. The highest BCUT2D eigenvalue weighted by Gasteiger charge is 2.10. The van der Waals surface area contributed by atoms with Gasteiger partial charge in [-0.2, -0.15) is 5.10 Å². The molecule has 1 aromatic heterocycles. The van der Waals surface area contributed by atoms with E-state index in [0.717, 1.165) is 4.47 Å². The van der Waals surface area contributed by atoms with E-state index in [4.69, 9.17) is 9.15 Å². The molecule has 30 heavy (non-hydrogen) atoms. The largest absolute Gasteiger partial charge is 0.459 e. The van der Waals surface area contributed by atoms with Crippen LogP contribution >= 0.6 is 15.9 Å². The summed E-state index contributed by atoms with van der Waals surface area (Å²) in [6.07, 6.45) is 2.79. The van der Waals surface area contributed by atoms with E-state index in [-0.39, 0.29) is 12.3 Å². The van der Waals surface area contributed by atoms with Crippen molar-refractivity contribution in [3.05, 3.63) is 88.3 Å². The van der Waals surface area contributed by atoms with Crippen LogP contribution in [0.5, 0.6) is 5.75 Å². The number of benzene rings is 2. The van der Waals surface area contributed by atoms with Crippen molar-refractivity contribution >= 4 is 39.9 Å². The molecule has 0 spiro atoms. The van der Waals surface area contributed by atoms with Gasteiger partial charge in [0.25, 0.3) is 11.8 Å². The molecule has 0 aliphatic rings. The highest BCUT2D eigenvalue weighted by atomic mass is 79.9. The topological polar surface area (TPSA) is 110 Å². The molecule has 0 bridgehead atoms. The van der Waals surface area contributed by atoms with Crippen LogP contribution in [0.3, 0.4) is 0 Å². The summed E-state index contributed by atoms with van der Waals surface area (Å²) in [6, 6.07) is 16.5. The van der Waals surface area contributed by atoms with Crippen LogP contribution in [0.1, 0.15) is 26.5 Å². The van der Waals surface area contributed by atoms with Crippen molar-refractivity contribution in [2.45, 2.75) is 0 Å². The Morgan fingerprint density at radius 2 is 1.87 bits per heavy atom. The van der Waals surface area contributed by atoms with E-state index in [1.54, 1.807) is 48.5 Å². The first kappa shape index (κ1) is 21.0. The van der Waals surface area contributed by atoms with Crippen molar-refractivity contribution in [1.82, 2.24) is 10.7 Å². The van der Waals surface area contributed by atoms with Gasteiger partial charge in [0.05, 0.1) is 24.6 Å². The third kappa shape index (κ3) is 6.14.